The number of carbonyl (C=O) groups is 3. The molecule has 0 amide bonds. The number of hydrogen-bond acceptors (Lipinski definition) is 9. The molecule has 0 saturated carbocycles. The smallest absolute Gasteiger partial charge is 0.333 e. The second-order valence-electron chi connectivity index (χ2n) is 6.98. The lowest BCUT2D eigenvalue weighted by molar-refractivity contribution is -0.164. The van der Waals surface area contributed by atoms with Crippen LogP contribution in [0.25, 0.3) is 0 Å². The summed E-state index contributed by atoms with van der Waals surface area (Å²) < 4.78 is 14.7. The third kappa shape index (κ3) is 8.51. The predicted octanol–water partition coefficient (Wildman–Crippen LogP) is -0.0382. The van der Waals surface area contributed by atoms with Crippen molar-refractivity contribution >= 4 is 17.9 Å². The first-order valence-electron chi connectivity index (χ1n) is 8.56. The van der Waals surface area contributed by atoms with E-state index < -0.39 is 28.7 Å². The van der Waals surface area contributed by atoms with Crippen molar-refractivity contribution in [3.05, 3.63) is 12.2 Å². The molecule has 0 aliphatic rings. The molecule has 0 heterocycles. The van der Waals surface area contributed by atoms with Gasteiger partial charge in [-0.25, -0.2) is 4.79 Å². The van der Waals surface area contributed by atoms with E-state index in [0.717, 1.165) is 0 Å². The fraction of sp³-hybridized carbons (Fsp3) is 0.722. The molecule has 0 fully saturated rings. The number of aliphatic hydroxyl groups is 3. The Kier molecular flexibility index (Phi) is 10.8. The van der Waals surface area contributed by atoms with Gasteiger partial charge in [-0.3, -0.25) is 9.59 Å². The van der Waals surface area contributed by atoms with Crippen molar-refractivity contribution in [2.24, 2.45) is 10.8 Å². The van der Waals surface area contributed by atoms with Crippen molar-refractivity contribution in [1.82, 2.24) is 0 Å². The lowest BCUT2D eigenvalue weighted by atomic mass is 9.71. The van der Waals surface area contributed by atoms with E-state index in [-0.39, 0.29) is 58.1 Å². The first kappa shape index (κ1) is 25.0. The molecule has 9 heteroatoms. The number of carbonyl (C=O) groups excluding carboxylic acids is 3. The van der Waals surface area contributed by atoms with Crippen molar-refractivity contribution in [1.29, 1.82) is 0 Å². The van der Waals surface area contributed by atoms with Gasteiger partial charge in [0.05, 0.1) is 30.7 Å². The summed E-state index contributed by atoms with van der Waals surface area (Å²) in [5.74, 6) is -2.10. The summed E-state index contributed by atoms with van der Waals surface area (Å²) in [6.45, 7) is 6.60. The van der Waals surface area contributed by atoms with Crippen molar-refractivity contribution in [3.8, 4) is 0 Å². The van der Waals surface area contributed by atoms with Gasteiger partial charge in [0.15, 0.2) is 0 Å². The lowest BCUT2D eigenvalue weighted by Crippen LogP contribution is -2.40. The van der Waals surface area contributed by atoms with Crippen molar-refractivity contribution in [3.63, 3.8) is 0 Å². The van der Waals surface area contributed by atoms with Gasteiger partial charge in [-0.2, -0.15) is 0 Å². The average molecular weight is 390 g/mol. The molecule has 0 aliphatic carbocycles. The van der Waals surface area contributed by atoms with Crippen LogP contribution in [0, 0.1) is 10.8 Å². The van der Waals surface area contributed by atoms with E-state index >= 15 is 0 Å². The zero-order valence-corrected chi connectivity index (χ0v) is 16.2. The number of ether oxygens (including phenoxy) is 3. The highest BCUT2D eigenvalue weighted by Gasteiger charge is 2.45. The van der Waals surface area contributed by atoms with Gasteiger partial charge >= 0.3 is 17.9 Å². The predicted molar refractivity (Wildman–Crippen MR) is 94.4 cm³/mol. The standard InChI is InChI=1S/C18H30O9/c1-13(14(22)25-8-5-19)11-18(4,16(24)27-10-7-21)12-17(2,3)15(23)26-9-6-20/h19-21H,1,5-12H2,2-4H3. The first-order chi connectivity index (χ1) is 12.5. The first-order valence-corrected chi connectivity index (χ1v) is 8.56. The van der Waals surface area contributed by atoms with Crippen LogP contribution >= 0.6 is 0 Å². The molecule has 0 aromatic heterocycles. The SMILES string of the molecule is C=C(CC(C)(CC(C)(C)C(=O)OCCO)C(=O)OCCO)C(=O)OCCO. The Morgan fingerprint density at radius 2 is 1.26 bits per heavy atom. The highest BCUT2D eigenvalue weighted by atomic mass is 16.5. The van der Waals surface area contributed by atoms with Crippen LogP contribution < -0.4 is 0 Å². The molecule has 9 nitrogen and oxygen atoms in total. The molecule has 0 bridgehead atoms. The van der Waals surface area contributed by atoms with E-state index in [9.17, 15) is 14.4 Å². The second kappa shape index (κ2) is 11.7. The zero-order chi connectivity index (χ0) is 21.1. The Hall–Kier alpha value is -1.97. The van der Waals surface area contributed by atoms with E-state index in [2.05, 4.69) is 6.58 Å². The van der Waals surface area contributed by atoms with Crippen LogP contribution in [-0.2, 0) is 28.6 Å². The second-order valence-corrected chi connectivity index (χ2v) is 6.98. The van der Waals surface area contributed by atoms with Crippen LogP contribution in [0.2, 0.25) is 0 Å². The normalized spacial score (nSPS) is 13.4. The fourth-order valence-corrected chi connectivity index (χ4v) is 2.68. The van der Waals surface area contributed by atoms with Gasteiger partial charge in [-0.15, -0.1) is 0 Å². The highest BCUT2D eigenvalue weighted by Crippen LogP contribution is 2.40. The summed E-state index contributed by atoms with van der Waals surface area (Å²) in [5.41, 5.74) is -2.48. The zero-order valence-electron chi connectivity index (χ0n) is 16.2. The van der Waals surface area contributed by atoms with E-state index in [4.69, 9.17) is 29.5 Å². The van der Waals surface area contributed by atoms with Crippen LogP contribution in [0.1, 0.15) is 33.6 Å². The van der Waals surface area contributed by atoms with Crippen molar-refractivity contribution in [2.45, 2.75) is 33.6 Å². The maximum atomic E-state index is 12.6. The van der Waals surface area contributed by atoms with Gasteiger partial charge in [0, 0.05) is 5.57 Å². The van der Waals surface area contributed by atoms with Gasteiger partial charge < -0.3 is 29.5 Å². The number of hydrogen-bond donors (Lipinski definition) is 3. The van der Waals surface area contributed by atoms with Crippen molar-refractivity contribution < 1.29 is 43.9 Å². The van der Waals surface area contributed by atoms with Crippen LogP contribution in [0.15, 0.2) is 12.2 Å². The number of aliphatic hydroxyl groups excluding tert-OH is 3. The summed E-state index contributed by atoms with van der Waals surface area (Å²) in [6, 6.07) is 0. The van der Waals surface area contributed by atoms with Crippen LogP contribution in [0.5, 0.6) is 0 Å². The Balaban J connectivity index is 5.41. The van der Waals surface area contributed by atoms with Crippen molar-refractivity contribution in [2.75, 3.05) is 39.6 Å². The minimum atomic E-state index is -1.33. The van der Waals surface area contributed by atoms with Gasteiger partial charge in [0.1, 0.15) is 19.8 Å². The molecule has 0 spiro atoms. The molecule has 27 heavy (non-hydrogen) atoms. The van der Waals surface area contributed by atoms with Gasteiger partial charge in [0.25, 0.3) is 0 Å². The molecule has 0 aromatic rings. The summed E-state index contributed by atoms with van der Waals surface area (Å²) in [6.07, 6.45) is -0.195. The van der Waals surface area contributed by atoms with Gasteiger partial charge in [-0.1, -0.05) is 6.58 Å². The van der Waals surface area contributed by atoms with Gasteiger partial charge in [-0.05, 0) is 33.6 Å². The van der Waals surface area contributed by atoms with E-state index in [1.165, 1.54) is 6.92 Å². The Bertz CT molecular complexity index is 527. The van der Waals surface area contributed by atoms with Gasteiger partial charge in [0.2, 0.25) is 0 Å². The topological polar surface area (TPSA) is 140 Å². The Labute approximate surface area is 158 Å². The summed E-state index contributed by atoms with van der Waals surface area (Å²) >= 11 is 0. The maximum absolute atomic E-state index is 12.6. The Morgan fingerprint density at radius 1 is 0.815 bits per heavy atom. The quantitative estimate of drug-likeness (QED) is 0.224. The molecule has 0 rings (SSSR count). The molecule has 0 radical (unpaired) electrons. The highest BCUT2D eigenvalue weighted by molar-refractivity contribution is 5.89. The molecule has 1 atom stereocenters. The summed E-state index contributed by atoms with van der Waals surface area (Å²) in [5, 5.41) is 26.4. The summed E-state index contributed by atoms with van der Waals surface area (Å²) in [4.78, 5) is 36.7. The molecular formula is C18H30O9. The molecule has 3 N–H and O–H groups in total. The number of esters is 3. The number of rotatable bonds is 13. The fourth-order valence-electron chi connectivity index (χ4n) is 2.68. The molecule has 0 aliphatic heterocycles. The lowest BCUT2D eigenvalue weighted by Gasteiger charge is -2.34. The largest absolute Gasteiger partial charge is 0.463 e. The van der Waals surface area contributed by atoms with Crippen LogP contribution in [-0.4, -0.2) is 72.9 Å². The average Bonchev–Trinajstić information content (AvgIpc) is 2.61. The third-order valence-corrected chi connectivity index (χ3v) is 3.74. The summed E-state index contributed by atoms with van der Waals surface area (Å²) in [7, 11) is 0. The molecule has 156 valence electrons. The maximum Gasteiger partial charge on any atom is 0.333 e. The van der Waals surface area contributed by atoms with Crippen LogP contribution in [0.3, 0.4) is 0 Å². The molecule has 1 unspecified atom stereocenters. The minimum absolute atomic E-state index is 0.0218. The van der Waals surface area contributed by atoms with E-state index in [1.54, 1.807) is 13.8 Å². The molecule has 0 saturated heterocycles. The molecule has 0 aromatic carbocycles. The van der Waals surface area contributed by atoms with Crippen LogP contribution in [0.4, 0.5) is 0 Å². The minimum Gasteiger partial charge on any atom is -0.463 e. The Morgan fingerprint density at radius 3 is 1.74 bits per heavy atom. The molecular weight excluding hydrogens is 360 g/mol. The van der Waals surface area contributed by atoms with E-state index in [0.29, 0.717) is 0 Å². The third-order valence-electron chi connectivity index (χ3n) is 3.74. The van der Waals surface area contributed by atoms with E-state index in [1.807, 2.05) is 0 Å². The monoisotopic (exact) mass is 390 g/mol.